The van der Waals surface area contributed by atoms with Gasteiger partial charge in [0.1, 0.15) is 6.04 Å². The number of ether oxygens (including phenoxy) is 2. The Kier molecular flexibility index (Phi) is 7.92. The number of rotatable bonds is 9. The van der Waals surface area contributed by atoms with Crippen LogP contribution < -0.4 is 19.5 Å². The summed E-state index contributed by atoms with van der Waals surface area (Å²) in [4.78, 5) is 12.7. The van der Waals surface area contributed by atoms with E-state index < -0.39 is 16.1 Å². The van der Waals surface area contributed by atoms with Crippen molar-refractivity contribution in [1.82, 2.24) is 10.0 Å². The van der Waals surface area contributed by atoms with Gasteiger partial charge in [0.25, 0.3) is 0 Å². The van der Waals surface area contributed by atoms with Crippen LogP contribution in [0.3, 0.4) is 0 Å². The summed E-state index contributed by atoms with van der Waals surface area (Å²) in [7, 11) is -3.91. The first kappa shape index (κ1) is 23.1. The lowest BCUT2D eigenvalue weighted by Crippen LogP contribution is -2.49. The molecule has 1 unspecified atom stereocenters. The SMILES string of the molecule is CC(C)C(NS(=O)(=O)c1ccc2c(c1)OCCCO2)C(=O)NCCCc1ccccc1. The van der Waals surface area contributed by atoms with Gasteiger partial charge in [0.2, 0.25) is 15.9 Å². The van der Waals surface area contributed by atoms with Crippen LogP contribution in [-0.4, -0.2) is 40.1 Å². The second-order valence-electron chi connectivity index (χ2n) is 7.88. The zero-order chi connectivity index (χ0) is 22.3. The Balaban J connectivity index is 1.61. The van der Waals surface area contributed by atoms with E-state index >= 15 is 0 Å². The summed E-state index contributed by atoms with van der Waals surface area (Å²) in [6.07, 6.45) is 2.35. The molecule has 1 aliphatic heterocycles. The summed E-state index contributed by atoms with van der Waals surface area (Å²) >= 11 is 0. The average molecular weight is 447 g/mol. The predicted molar refractivity (Wildman–Crippen MR) is 119 cm³/mol. The number of hydrogen-bond acceptors (Lipinski definition) is 5. The first-order valence-electron chi connectivity index (χ1n) is 10.6. The minimum absolute atomic E-state index is 0.0410. The highest BCUT2D eigenvalue weighted by atomic mass is 32.2. The van der Waals surface area contributed by atoms with Crippen LogP contribution in [0, 0.1) is 5.92 Å². The molecule has 7 nitrogen and oxygen atoms in total. The fraction of sp³-hybridized carbons (Fsp3) is 0.435. The minimum Gasteiger partial charge on any atom is -0.490 e. The Morgan fingerprint density at radius 1 is 1.03 bits per heavy atom. The van der Waals surface area contributed by atoms with Gasteiger partial charge in [-0.2, -0.15) is 4.72 Å². The molecule has 2 N–H and O–H groups in total. The van der Waals surface area contributed by atoms with Gasteiger partial charge in [-0.25, -0.2) is 8.42 Å². The molecule has 8 heteroatoms. The molecule has 0 fully saturated rings. The number of fused-ring (bicyclic) bond motifs is 1. The van der Waals surface area contributed by atoms with Crippen molar-refractivity contribution < 1.29 is 22.7 Å². The van der Waals surface area contributed by atoms with E-state index in [4.69, 9.17) is 9.47 Å². The molecule has 0 spiro atoms. The molecule has 0 aliphatic carbocycles. The molecule has 2 aromatic rings. The number of amides is 1. The third kappa shape index (κ3) is 6.45. The Labute approximate surface area is 184 Å². The standard InChI is InChI=1S/C23H30N2O5S/c1-17(2)22(23(26)24-13-6-10-18-8-4-3-5-9-18)25-31(27,28)19-11-12-20-21(16-19)30-15-7-14-29-20/h3-5,8-9,11-12,16-17,22,25H,6-7,10,13-15H2,1-2H3,(H,24,26). The second-order valence-corrected chi connectivity index (χ2v) is 9.60. The highest BCUT2D eigenvalue weighted by Gasteiger charge is 2.29. The number of sulfonamides is 1. The number of carbonyl (C=O) groups is 1. The van der Waals surface area contributed by atoms with Crippen molar-refractivity contribution >= 4 is 15.9 Å². The predicted octanol–water partition coefficient (Wildman–Crippen LogP) is 2.90. The van der Waals surface area contributed by atoms with Gasteiger partial charge < -0.3 is 14.8 Å². The van der Waals surface area contributed by atoms with Crippen LogP contribution in [-0.2, 0) is 21.2 Å². The van der Waals surface area contributed by atoms with Crippen molar-refractivity contribution in [2.75, 3.05) is 19.8 Å². The van der Waals surface area contributed by atoms with Gasteiger partial charge in [0.15, 0.2) is 11.5 Å². The van der Waals surface area contributed by atoms with Gasteiger partial charge in [0, 0.05) is 19.0 Å². The van der Waals surface area contributed by atoms with E-state index in [9.17, 15) is 13.2 Å². The van der Waals surface area contributed by atoms with Crippen LogP contribution in [0.15, 0.2) is 53.4 Å². The Morgan fingerprint density at radius 2 is 1.74 bits per heavy atom. The zero-order valence-corrected chi connectivity index (χ0v) is 18.8. The monoisotopic (exact) mass is 446 g/mol. The van der Waals surface area contributed by atoms with E-state index in [1.165, 1.54) is 17.7 Å². The Hall–Kier alpha value is -2.58. The molecule has 2 aromatic carbocycles. The summed E-state index contributed by atoms with van der Waals surface area (Å²) in [5.41, 5.74) is 1.20. The number of hydrogen-bond donors (Lipinski definition) is 2. The normalized spacial score (nSPS) is 14.7. The number of carbonyl (C=O) groups excluding carboxylic acids is 1. The van der Waals surface area contributed by atoms with Crippen LogP contribution in [0.5, 0.6) is 11.5 Å². The maximum atomic E-state index is 13.0. The van der Waals surface area contributed by atoms with Gasteiger partial charge in [-0.3, -0.25) is 4.79 Å². The highest BCUT2D eigenvalue weighted by molar-refractivity contribution is 7.89. The number of aryl methyl sites for hydroxylation is 1. The largest absolute Gasteiger partial charge is 0.490 e. The van der Waals surface area contributed by atoms with Gasteiger partial charge in [-0.1, -0.05) is 44.2 Å². The van der Waals surface area contributed by atoms with Crippen molar-refractivity contribution in [2.24, 2.45) is 5.92 Å². The van der Waals surface area contributed by atoms with Gasteiger partial charge in [-0.15, -0.1) is 0 Å². The summed E-state index contributed by atoms with van der Waals surface area (Å²) < 4.78 is 39.6. The average Bonchev–Trinajstić information content (AvgIpc) is 3.00. The molecule has 0 radical (unpaired) electrons. The molecule has 1 aliphatic rings. The summed E-state index contributed by atoms with van der Waals surface area (Å²) in [5.74, 6) is 0.366. The maximum Gasteiger partial charge on any atom is 0.241 e. The molecule has 0 saturated carbocycles. The maximum absolute atomic E-state index is 13.0. The Morgan fingerprint density at radius 3 is 2.45 bits per heavy atom. The summed E-state index contributed by atoms with van der Waals surface area (Å²) in [6.45, 7) is 5.08. The molecular formula is C23H30N2O5S. The van der Waals surface area contributed by atoms with Crippen molar-refractivity contribution in [3.8, 4) is 11.5 Å². The quantitative estimate of drug-likeness (QED) is 0.578. The zero-order valence-electron chi connectivity index (χ0n) is 18.0. The number of benzene rings is 2. The van der Waals surface area contributed by atoms with Crippen molar-refractivity contribution in [3.05, 3.63) is 54.1 Å². The summed E-state index contributed by atoms with van der Waals surface area (Å²) in [6, 6.07) is 13.6. The first-order valence-corrected chi connectivity index (χ1v) is 12.1. The van der Waals surface area contributed by atoms with Gasteiger partial charge >= 0.3 is 0 Å². The highest BCUT2D eigenvalue weighted by Crippen LogP contribution is 2.32. The molecular weight excluding hydrogens is 416 g/mol. The minimum atomic E-state index is -3.91. The van der Waals surface area contributed by atoms with Crippen LogP contribution in [0.4, 0.5) is 0 Å². The molecule has 31 heavy (non-hydrogen) atoms. The topological polar surface area (TPSA) is 93.7 Å². The molecule has 168 valence electrons. The molecule has 1 atom stereocenters. The third-order valence-electron chi connectivity index (χ3n) is 5.04. The van der Waals surface area contributed by atoms with Crippen molar-refractivity contribution in [2.45, 2.75) is 44.0 Å². The lowest BCUT2D eigenvalue weighted by atomic mass is 10.0. The van der Waals surface area contributed by atoms with E-state index in [2.05, 4.69) is 10.0 Å². The van der Waals surface area contributed by atoms with E-state index in [0.717, 1.165) is 19.3 Å². The summed E-state index contributed by atoms with van der Waals surface area (Å²) in [5, 5.41) is 2.86. The van der Waals surface area contributed by atoms with Crippen LogP contribution in [0.2, 0.25) is 0 Å². The van der Waals surface area contributed by atoms with E-state index in [1.54, 1.807) is 6.07 Å². The van der Waals surface area contributed by atoms with Crippen LogP contribution in [0.1, 0.15) is 32.3 Å². The third-order valence-corrected chi connectivity index (χ3v) is 6.48. The fourth-order valence-electron chi connectivity index (χ4n) is 3.30. The van der Waals surface area contributed by atoms with E-state index in [-0.39, 0.29) is 16.7 Å². The smallest absolute Gasteiger partial charge is 0.241 e. The first-order chi connectivity index (χ1) is 14.9. The molecule has 3 rings (SSSR count). The molecule has 0 saturated heterocycles. The lowest BCUT2D eigenvalue weighted by molar-refractivity contribution is -0.123. The molecule has 1 heterocycles. The molecule has 0 bridgehead atoms. The second kappa shape index (κ2) is 10.6. The van der Waals surface area contributed by atoms with E-state index in [1.807, 2.05) is 44.2 Å². The van der Waals surface area contributed by atoms with Gasteiger partial charge in [-0.05, 0) is 36.5 Å². The fourth-order valence-corrected chi connectivity index (χ4v) is 4.66. The van der Waals surface area contributed by atoms with Crippen molar-refractivity contribution in [3.63, 3.8) is 0 Å². The molecule has 1 amide bonds. The lowest BCUT2D eigenvalue weighted by Gasteiger charge is -2.22. The van der Waals surface area contributed by atoms with Crippen LogP contribution in [0.25, 0.3) is 0 Å². The van der Waals surface area contributed by atoms with E-state index in [0.29, 0.717) is 31.3 Å². The Bertz CT molecular complexity index is 977. The van der Waals surface area contributed by atoms with Crippen LogP contribution >= 0.6 is 0 Å². The molecule has 0 aromatic heterocycles. The van der Waals surface area contributed by atoms with Gasteiger partial charge in [0.05, 0.1) is 18.1 Å². The van der Waals surface area contributed by atoms with Crippen molar-refractivity contribution in [1.29, 1.82) is 0 Å². The number of nitrogens with one attached hydrogen (secondary N) is 2.